The maximum atomic E-state index is 12.3. The number of aromatic nitrogens is 5. The topological polar surface area (TPSA) is 77.6 Å². The number of thioether (sulfide) groups is 1. The molecule has 0 atom stereocenters. The van der Waals surface area contributed by atoms with E-state index in [0.717, 1.165) is 23.4 Å². The molecule has 8 heteroatoms. The lowest BCUT2D eigenvalue weighted by molar-refractivity contribution is -0.118. The van der Waals surface area contributed by atoms with E-state index >= 15 is 0 Å². The minimum Gasteiger partial charge on any atom is -0.355 e. The molecule has 1 amide bonds. The lowest BCUT2D eigenvalue weighted by atomic mass is 10.0. The number of hydrogen-bond acceptors (Lipinski definition) is 5. The molecule has 0 spiro atoms. The van der Waals surface area contributed by atoms with E-state index in [1.807, 2.05) is 52.0 Å². The third kappa shape index (κ3) is 5.45. The Kier molecular flexibility index (Phi) is 7.01. The molecular weight excluding hydrogens is 420 g/mol. The number of hydrogen-bond donors (Lipinski definition) is 1. The number of carbonyl (C=O) groups excluding carboxylic acids is 1. The predicted molar refractivity (Wildman–Crippen MR) is 126 cm³/mol. The van der Waals surface area contributed by atoms with Crippen molar-refractivity contribution in [1.82, 2.24) is 29.9 Å². The van der Waals surface area contributed by atoms with Gasteiger partial charge >= 0.3 is 0 Å². The molecule has 1 N–H and O–H groups in total. The van der Waals surface area contributed by atoms with Gasteiger partial charge in [-0.1, -0.05) is 55.9 Å². The van der Waals surface area contributed by atoms with Crippen LogP contribution in [0.2, 0.25) is 0 Å². The molecule has 0 radical (unpaired) electrons. The Balaban J connectivity index is 1.26. The van der Waals surface area contributed by atoms with Crippen molar-refractivity contribution < 1.29 is 4.79 Å². The maximum absolute atomic E-state index is 12.3. The second-order valence-electron chi connectivity index (χ2n) is 7.75. The minimum atomic E-state index is -0.0323. The van der Waals surface area contributed by atoms with E-state index in [-0.39, 0.29) is 11.7 Å². The summed E-state index contributed by atoms with van der Waals surface area (Å²) in [6.45, 7) is 4.90. The maximum Gasteiger partial charge on any atom is 0.230 e. The summed E-state index contributed by atoms with van der Waals surface area (Å²) in [7, 11) is 0. The molecule has 2 aromatic carbocycles. The van der Waals surface area contributed by atoms with Crippen LogP contribution >= 0.6 is 11.8 Å². The van der Waals surface area contributed by atoms with Gasteiger partial charge in [-0.05, 0) is 47.7 Å². The van der Waals surface area contributed by atoms with Gasteiger partial charge in [-0.3, -0.25) is 9.36 Å². The van der Waals surface area contributed by atoms with Gasteiger partial charge in [0.25, 0.3) is 0 Å². The Morgan fingerprint density at radius 3 is 2.59 bits per heavy atom. The first-order chi connectivity index (χ1) is 15.6. The molecule has 164 valence electrons. The Labute approximate surface area is 191 Å². The van der Waals surface area contributed by atoms with Gasteiger partial charge < -0.3 is 5.32 Å². The summed E-state index contributed by atoms with van der Waals surface area (Å²) in [5, 5.41) is 16.2. The molecule has 0 saturated heterocycles. The number of nitrogens with zero attached hydrogens (tertiary/aromatic N) is 5. The van der Waals surface area contributed by atoms with E-state index in [2.05, 4.69) is 58.7 Å². The first-order valence-electron chi connectivity index (χ1n) is 10.6. The number of amides is 1. The van der Waals surface area contributed by atoms with Crippen molar-refractivity contribution in [3.8, 4) is 11.4 Å². The fourth-order valence-electron chi connectivity index (χ4n) is 3.26. The van der Waals surface area contributed by atoms with Gasteiger partial charge in [0.1, 0.15) is 6.33 Å². The highest BCUT2D eigenvalue weighted by molar-refractivity contribution is 7.99. The average molecular weight is 447 g/mol. The summed E-state index contributed by atoms with van der Waals surface area (Å²) in [5.74, 6) is 0.733. The van der Waals surface area contributed by atoms with Crippen molar-refractivity contribution in [2.75, 3.05) is 12.3 Å². The normalized spacial score (nSPS) is 11.1. The van der Waals surface area contributed by atoms with Crippen LogP contribution < -0.4 is 5.32 Å². The van der Waals surface area contributed by atoms with Gasteiger partial charge in [-0.2, -0.15) is 5.10 Å². The Hall–Kier alpha value is -3.39. The predicted octanol–water partition coefficient (Wildman–Crippen LogP) is 4.03. The molecule has 4 rings (SSSR count). The van der Waals surface area contributed by atoms with Crippen molar-refractivity contribution >= 4 is 17.7 Å². The van der Waals surface area contributed by atoms with Gasteiger partial charge in [0, 0.05) is 18.4 Å². The SMILES string of the molecule is CC(C)c1ccc(-n2cnnc2SCC(=O)NCCc2cnn(-c3ccccc3)c2)cc1. The summed E-state index contributed by atoms with van der Waals surface area (Å²) in [5.41, 5.74) is 4.36. The first kappa shape index (κ1) is 21.8. The van der Waals surface area contributed by atoms with Gasteiger partial charge in [0.05, 0.1) is 17.6 Å². The number of carbonyl (C=O) groups is 1. The third-order valence-corrected chi connectivity index (χ3v) is 6.02. The lowest BCUT2D eigenvalue weighted by Crippen LogP contribution is -2.27. The molecule has 0 aliphatic carbocycles. The highest BCUT2D eigenvalue weighted by Gasteiger charge is 2.11. The fraction of sp³-hybridized carbons (Fsp3) is 0.250. The Morgan fingerprint density at radius 2 is 1.84 bits per heavy atom. The molecule has 2 heterocycles. The van der Waals surface area contributed by atoms with Crippen LogP contribution in [0.1, 0.15) is 30.9 Å². The second kappa shape index (κ2) is 10.3. The third-order valence-electron chi connectivity index (χ3n) is 5.08. The summed E-state index contributed by atoms with van der Waals surface area (Å²) >= 11 is 1.38. The van der Waals surface area contributed by atoms with E-state index in [1.54, 1.807) is 6.33 Å². The van der Waals surface area contributed by atoms with E-state index < -0.39 is 0 Å². The van der Waals surface area contributed by atoms with Gasteiger partial charge in [0.2, 0.25) is 5.91 Å². The fourth-order valence-corrected chi connectivity index (χ4v) is 4.02. The van der Waals surface area contributed by atoms with Gasteiger partial charge in [-0.15, -0.1) is 10.2 Å². The van der Waals surface area contributed by atoms with Crippen LogP contribution in [0, 0.1) is 0 Å². The number of nitrogens with one attached hydrogen (secondary N) is 1. The molecule has 0 aliphatic heterocycles. The zero-order valence-corrected chi connectivity index (χ0v) is 19.0. The average Bonchev–Trinajstić information content (AvgIpc) is 3.48. The van der Waals surface area contributed by atoms with Crippen molar-refractivity contribution in [3.63, 3.8) is 0 Å². The van der Waals surface area contributed by atoms with Crippen molar-refractivity contribution in [2.24, 2.45) is 0 Å². The summed E-state index contributed by atoms with van der Waals surface area (Å²) in [6, 6.07) is 18.3. The highest BCUT2D eigenvalue weighted by atomic mass is 32.2. The molecule has 32 heavy (non-hydrogen) atoms. The Morgan fingerprint density at radius 1 is 1.06 bits per heavy atom. The zero-order valence-electron chi connectivity index (χ0n) is 18.2. The van der Waals surface area contributed by atoms with Crippen LogP contribution in [-0.2, 0) is 11.2 Å². The van der Waals surface area contributed by atoms with Crippen LogP contribution in [0.5, 0.6) is 0 Å². The number of rotatable bonds is 9. The van der Waals surface area contributed by atoms with Crippen molar-refractivity contribution in [2.45, 2.75) is 31.3 Å². The molecule has 0 saturated carbocycles. The molecular formula is C24H26N6OS. The van der Waals surface area contributed by atoms with E-state index in [0.29, 0.717) is 17.6 Å². The monoisotopic (exact) mass is 446 g/mol. The van der Waals surface area contributed by atoms with Crippen LogP contribution in [0.3, 0.4) is 0 Å². The van der Waals surface area contributed by atoms with Crippen LogP contribution in [-0.4, -0.2) is 42.7 Å². The van der Waals surface area contributed by atoms with Crippen LogP contribution in [0.15, 0.2) is 78.5 Å². The van der Waals surface area contributed by atoms with E-state index in [1.165, 1.54) is 17.3 Å². The minimum absolute atomic E-state index is 0.0323. The zero-order chi connectivity index (χ0) is 22.3. The molecule has 0 aliphatic rings. The quantitative estimate of drug-likeness (QED) is 0.393. The smallest absolute Gasteiger partial charge is 0.230 e. The Bertz CT molecular complexity index is 1150. The largest absolute Gasteiger partial charge is 0.355 e. The van der Waals surface area contributed by atoms with Gasteiger partial charge in [0.15, 0.2) is 5.16 Å². The van der Waals surface area contributed by atoms with Gasteiger partial charge in [-0.25, -0.2) is 4.68 Å². The van der Waals surface area contributed by atoms with Crippen LogP contribution in [0.4, 0.5) is 0 Å². The second-order valence-corrected chi connectivity index (χ2v) is 8.69. The molecule has 4 aromatic rings. The summed E-state index contributed by atoms with van der Waals surface area (Å²) in [4.78, 5) is 12.3. The standard InChI is InChI=1S/C24H26N6OS/c1-18(2)20-8-10-21(11-9-20)29-17-26-28-24(29)32-16-23(31)25-13-12-19-14-27-30(15-19)22-6-4-3-5-7-22/h3-11,14-15,17-18H,12-13,16H2,1-2H3,(H,25,31). The van der Waals surface area contributed by atoms with E-state index in [4.69, 9.17) is 0 Å². The first-order valence-corrected chi connectivity index (χ1v) is 11.6. The molecule has 0 bridgehead atoms. The number of benzene rings is 2. The molecule has 0 unspecified atom stereocenters. The van der Waals surface area contributed by atoms with Crippen molar-refractivity contribution in [1.29, 1.82) is 0 Å². The van der Waals surface area contributed by atoms with Crippen LogP contribution in [0.25, 0.3) is 11.4 Å². The summed E-state index contributed by atoms with van der Waals surface area (Å²) < 4.78 is 3.74. The molecule has 7 nitrogen and oxygen atoms in total. The number of para-hydroxylation sites is 1. The molecule has 2 aromatic heterocycles. The van der Waals surface area contributed by atoms with E-state index in [9.17, 15) is 4.79 Å². The molecule has 0 fully saturated rings. The van der Waals surface area contributed by atoms with Crippen molar-refractivity contribution in [3.05, 3.63) is 84.4 Å². The highest BCUT2D eigenvalue weighted by Crippen LogP contribution is 2.21. The summed E-state index contributed by atoms with van der Waals surface area (Å²) in [6.07, 6.45) is 6.22. The lowest BCUT2D eigenvalue weighted by Gasteiger charge is -2.09.